The fraction of sp³-hybridized carbons (Fsp3) is 0.591. The number of unbranched alkanes of at least 4 members (excludes halogenated alkanes) is 9. The summed E-state index contributed by atoms with van der Waals surface area (Å²) < 4.78 is 26.2. The van der Waals surface area contributed by atoms with E-state index in [-0.39, 0.29) is 19.4 Å². The summed E-state index contributed by atoms with van der Waals surface area (Å²) in [6.45, 7) is 3.37. The van der Waals surface area contributed by atoms with Crippen molar-refractivity contribution in [2.75, 3.05) is 13.2 Å². The number of carbonyl (C=O) groups is 2. The Labute approximate surface area is 327 Å². The van der Waals surface area contributed by atoms with Gasteiger partial charge in [-0.05, 0) is 77.0 Å². The van der Waals surface area contributed by atoms with Crippen molar-refractivity contribution in [2.24, 2.45) is 0 Å². The van der Waals surface area contributed by atoms with Crippen LogP contribution in [-0.4, -0.2) is 52.3 Å². The third-order valence-electron chi connectivity index (χ3n) is 7.93. The summed E-state index contributed by atoms with van der Waals surface area (Å²) in [5, 5.41) is 10.1. The maximum atomic E-state index is 12.4. The number of rotatable bonds is 35. The van der Waals surface area contributed by atoms with Gasteiger partial charge in [0.25, 0.3) is 0 Å². The molecule has 0 fully saturated rings. The van der Waals surface area contributed by atoms with Gasteiger partial charge in [0.1, 0.15) is 6.61 Å². The van der Waals surface area contributed by atoms with Gasteiger partial charge in [0.05, 0.1) is 12.7 Å². The molecule has 0 aliphatic carbocycles. The molecular weight excluding hydrogens is 703 g/mol. The van der Waals surface area contributed by atoms with E-state index in [1.807, 2.05) is 12.2 Å². The Hall–Kier alpha value is -3.07. The summed E-state index contributed by atoms with van der Waals surface area (Å²) in [5.41, 5.74) is 0. The molecule has 0 radical (unpaired) electrons. The molecule has 0 rings (SSSR count). The largest absolute Gasteiger partial charge is 0.469 e. The SMILES string of the molecule is CC/C=C\C/C=C\C/C=C\C/C=C\C=C/C(O)C/C=C\CCC(=O)O[C@H](COC(=O)CCCCCCCC/C=C\C/C=C\CCCCC)COP(=O)(O)O. The molecule has 306 valence electrons. The first-order valence-electron chi connectivity index (χ1n) is 20.1. The highest BCUT2D eigenvalue weighted by molar-refractivity contribution is 7.46. The molecule has 0 heterocycles. The monoisotopic (exact) mass is 774 g/mol. The van der Waals surface area contributed by atoms with Gasteiger partial charge in [0.15, 0.2) is 6.10 Å². The minimum Gasteiger partial charge on any atom is -0.462 e. The number of phosphoric acid groups is 1. The molecule has 10 heteroatoms. The molecule has 9 nitrogen and oxygen atoms in total. The van der Waals surface area contributed by atoms with Crippen LogP contribution < -0.4 is 0 Å². The first-order valence-corrected chi connectivity index (χ1v) is 21.7. The maximum Gasteiger partial charge on any atom is 0.469 e. The molecule has 0 saturated carbocycles. The summed E-state index contributed by atoms with van der Waals surface area (Å²) in [5.74, 6) is -1.09. The average Bonchev–Trinajstić information content (AvgIpc) is 3.14. The van der Waals surface area contributed by atoms with E-state index in [2.05, 4.69) is 79.1 Å². The molecule has 0 saturated heterocycles. The zero-order valence-electron chi connectivity index (χ0n) is 33.2. The first-order chi connectivity index (χ1) is 26.2. The van der Waals surface area contributed by atoms with Crippen LogP contribution in [0.2, 0.25) is 0 Å². The summed E-state index contributed by atoms with van der Waals surface area (Å²) in [6, 6.07) is 0. The number of carbonyl (C=O) groups excluding carboxylic acids is 2. The average molecular weight is 775 g/mol. The standard InChI is InChI=1S/C44H71O9P/c1-3-5-7-9-11-13-15-17-18-19-21-23-25-27-29-33-37-43(46)51-39-42(40-52-54(48,49)50)53-44(47)38-34-30-32-36-41(45)35-31-28-26-24-22-20-16-14-12-10-8-6-4-2/h6,8,11-14,17-18,20,22,26,28,30-32,35,41-42,45H,3-5,7,9-10,15-16,19,21,23-25,27,29,33-34,36-40H2,1-2H3,(H2,48,49,50)/b8-6-,13-11-,14-12-,18-17-,22-20-,28-26-,32-30-,35-31-/t41?,42-/m1/s1. The Bertz CT molecular complexity index is 1210. The topological polar surface area (TPSA) is 140 Å². The molecule has 0 bridgehead atoms. The van der Waals surface area contributed by atoms with Crippen molar-refractivity contribution in [1.82, 2.24) is 0 Å². The lowest BCUT2D eigenvalue weighted by molar-refractivity contribution is -0.161. The molecule has 0 aliphatic rings. The van der Waals surface area contributed by atoms with Crippen LogP contribution in [0.3, 0.4) is 0 Å². The minimum absolute atomic E-state index is 0.00241. The molecule has 1 unspecified atom stereocenters. The van der Waals surface area contributed by atoms with Crippen LogP contribution >= 0.6 is 7.82 Å². The van der Waals surface area contributed by atoms with Crippen LogP contribution in [-0.2, 0) is 28.2 Å². The van der Waals surface area contributed by atoms with Crippen molar-refractivity contribution in [3.63, 3.8) is 0 Å². The Balaban J connectivity index is 4.22. The number of ether oxygens (including phenoxy) is 2. The second-order valence-electron chi connectivity index (χ2n) is 13.1. The number of aliphatic hydroxyl groups is 1. The quantitative estimate of drug-likeness (QED) is 0.0189. The van der Waals surface area contributed by atoms with E-state index in [0.717, 1.165) is 70.6 Å². The number of esters is 2. The molecule has 0 aliphatic heterocycles. The summed E-state index contributed by atoms with van der Waals surface area (Å²) in [7, 11) is -4.81. The van der Waals surface area contributed by atoms with Crippen molar-refractivity contribution < 1.29 is 43.0 Å². The molecule has 0 aromatic carbocycles. The fourth-order valence-corrected chi connectivity index (χ4v) is 5.28. The van der Waals surface area contributed by atoms with E-state index in [0.29, 0.717) is 19.3 Å². The second kappa shape index (κ2) is 38.2. The summed E-state index contributed by atoms with van der Waals surface area (Å²) in [4.78, 5) is 42.8. The first kappa shape index (κ1) is 50.9. The summed E-state index contributed by atoms with van der Waals surface area (Å²) >= 11 is 0. The highest BCUT2D eigenvalue weighted by Gasteiger charge is 2.22. The van der Waals surface area contributed by atoms with E-state index in [9.17, 15) is 19.3 Å². The molecule has 54 heavy (non-hydrogen) atoms. The zero-order valence-corrected chi connectivity index (χ0v) is 34.1. The van der Waals surface area contributed by atoms with Crippen LogP contribution in [0.4, 0.5) is 0 Å². The van der Waals surface area contributed by atoms with E-state index in [1.165, 1.54) is 25.7 Å². The van der Waals surface area contributed by atoms with E-state index >= 15 is 0 Å². The van der Waals surface area contributed by atoms with Crippen molar-refractivity contribution in [3.8, 4) is 0 Å². The number of hydrogen-bond donors (Lipinski definition) is 3. The van der Waals surface area contributed by atoms with E-state index < -0.39 is 38.6 Å². The Morgan fingerprint density at radius 2 is 1.15 bits per heavy atom. The van der Waals surface area contributed by atoms with Crippen molar-refractivity contribution >= 4 is 19.8 Å². The number of phosphoric ester groups is 1. The Morgan fingerprint density at radius 3 is 1.78 bits per heavy atom. The Morgan fingerprint density at radius 1 is 0.593 bits per heavy atom. The van der Waals surface area contributed by atoms with Crippen molar-refractivity contribution in [3.05, 3.63) is 97.2 Å². The van der Waals surface area contributed by atoms with Gasteiger partial charge in [-0.25, -0.2) is 4.57 Å². The van der Waals surface area contributed by atoms with Crippen molar-refractivity contribution in [2.45, 2.75) is 154 Å². The van der Waals surface area contributed by atoms with Gasteiger partial charge >= 0.3 is 19.8 Å². The molecule has 0 amide bonds. The fourth-order valence-electron chi connectivity index (χ4n) is 4.92. The molecular formula is C44H71O9P. The van der Waals surface area contributed by atoms with E-state index in [1.54, 1.807) is 24.3 Å². The van der Waals surface area contributed by atoms with Crippen LogP contribution in [0.15, 0.2) is 97.2 Å². The lowest BCUT2D eigenvalue weighted by atomic mass is 10.1. The van der Waals surface area contributed by atoms with E-state index in [4.69, 9.17) is 19.3 Å². The third kappa shape index (κ3) is 40.1. The van der Waals surface area contributed by atoms with Gasteiger partial charge < -0.3 is 24.4 Å². The Kier molecular flexibility index (Phi) is 36.0. The minimum atomic E-state index is -4.81. The van der Waals surface area contributed by atoms with Crippen LogP contribution in [0, 0.1) is 0 Å². The van der Waals surface area contributed by atoms with Gasteiger partial charge in [-0.15, -0.1) is 0 Å². The van der Waals surface area contributed by atoms with Gasteiger partial charge in [-0.2, -0.15) is 0 Å². The predicted octanol–water partition coefficient (Wildman–Crippen LogP) is 11.2. The molecule has 0 aromatic rings. The molecule has 3 N–H and O–H groups in total. The molecule has 0 aromatic heterocycles. The molecule has 0 spiro atoms. The number of allylic oxidation sites excluding steroid dienone is 14. The van der Waals surface area contributed by atoms with Gasteiger partial charge in [-0.3, -0.25) is 14.1 Å². The zero-order chi connectivity index (χ0) is 39.8. The van der Waals surface area contributed by atoms with Gasteiger partial charge in [-0.1, -0.05) is 150 Å². The van der Waals surface area contributed by atoms with Crippen LogP contribution in [0.1, 0.15) is 142 Å². The normalized spacial score (nSPS) is 14.1. The number of aliphatic hydroxyl groups excluding tert-OH is 1. The summed E-state index contributed by atoms with van der Waals surface area (Å²) in [6.07, 6.45) is 48.7. The van der Waals surface area contributed by atoms with Crippen molar-refractivity contribution in [1.29, 1.82) is 0 Å². The van der Waals surface area contributed by atoms with Crippen LogP contribution in [0.5, 0.6) is 0 Å². The lowest BCUT2D eigenvalue weighted by Crippen LogP contribution is -2.29. The smallest absolute Gasteiger partial charge is 0.462 e. The highest BCUT2D eigenvalue weighted by Crippen LogP contribution is 2.35. The lowest BCUT2D eigenvalue weighted by Gasteiger charge is -2.18. The third-order valence-corrected chi connectivity index (χ3v) is 8.42. The predicted molar refractivity (Wildman–Crippen MR) is 222 cm³/mol. The van der Waals surface area contributed by atoms with Crippen LogP contribution in [0.25, 0.3) is 0 Å². The maximum absolute atomic E-state index is 12.4. The van der Waals surface area contributed by atoms with Gasteiger partial charge in [0, 0.05) is 12.8 Å². The molecule has 2 atom stereocenters. The van der Waals surface area contributed by atoms with Gasteiger partial charge in [0.2, 0.25) is 0 Å². The highest BCUT2D eigenvalue weighted by atomic mass is 31.2. The second-order valence-corrected chi connectivity index (χ2v) is 14.3. The number of hydrogen-bond acceptors (Lipinski definition) is 7.